The van der Waals surface area contributed by atoms with Crippen molar-refractivity contribution < 1.29 is 39.4 Å². The van der Waals surface area contributed by atoms with Gasteiger partial charge >= 0.3 is 5.97 Å². The average Bonchev–Trinajstić information content (AvgIpc) is 2.88. The van der Waals surface area contributed by atoms with Gasteiger partial charge in [0, 0.05) is 4.91 Å². The lowest BCUT2D eigenvalue weighted by molar-refractivity contribution is -0.302. The molecule has 11 heteroatoms. The molecule has 0 spiro atoms. The van der Waals surface area contributed by atoms with Gasteiger partial charge in [0.25, 0.3) is 0 Å². The van der Waals surface area contributed by atoms with Gasteiger partial charge in [-0.05, 0) is 36.6 Å². The summed E-state index contributed by atoms with van der Waals surface area (Å²) < 4.78 is 16.5. The number of nitrogens with zero attached hydrogens (tertiary/aromatic N) is 3. The Morgan fingerprint density at radius 1 is 1.17 bits per heavy atom. The van der Waals surface area contributed by atoms with Crippen LogP contribution in [0.15, 0.2) is 47.6 Å². The predicted octanol–water partition coefficient (Wildman–Crippen LogP) is 2.23. The molecule has 0 radical (unpaired) electrons. The Kier molecular flexibility index (Phi) is 12.7. The number of azide groups is 1. The number of hydrogen-bond acceptors (Lipinski definition) is 9. The third-order valence-corrected chi connectivity index (χ3v) is 5.66. The van der Waals surface area contributed by atoms with E-state index in [4.69, 9.17) is 19.7 Å². The van der Waals surface area contributed by atoms with Crippen molar-refractivity contribution in [1.82, 2.24) is 0 Å². The molecule has 11 nitrogen and oxygen atoms in total. The van der Waals surface area contributed by atoms with Crippen molar-refractivity contribution in [1.29, 1.82) is 0 Å². The van der Waals surface area contributed by atoms with Crippen LogP contribution in [0.4, 0.5) is 0 Å². The molecule has 2 unspecified atom stereocenters. The van der Waals surface area contributed by atoms with Gasteiger partial charge in [-0.15, -0.1) is 0 Å². The van der Waals surface area contributed by atoms with Crippen molar-refractivity contribution >= 4 is 5.97 Å². The highest BCUT2D eigenvalue weighted by molar-refractivity contribution is 5.89. The first-order valence-electron chi connectivity index (χ1n) is 11.8. The molecule has 0 aliphatic carbocycles. The molecular formula is C24H35N3O8. The molecule has 35 heavy (non-hydrogen) atoms. The number of esters is 1. The number of benzene rings is 1. The Morgan fingerprint density at radius 3 is 2.57 bits per heavy atom. The summed E-state index contributed by atoms with van der Waals surface area (Å²) in [6.07, 6.45) is 0.197. The Morgan fingerprint density at radius 2 is 1.91 bits per heavy atom. The van der Waals surface area contributed by atoms with Gasteiger partial charge in [-0.2, -0.15) is 0 Å². The second kappa shape index (κ2) is 15.5. The number of allylic oxidation sites excluding steroid dienone is 1. The van der Waals surface area contributed by atoms with Crippen molar-refractivity contribution in [3.05, 3.63) is 58.5 Å². The molecule has 0 bridgehead atoms. The maximum absolute atomic E-state index is 12.7. The number of aliphatic hydroxyl groups excluding tert-OH is 4. The number of carbonyl (C=O) groups is 1. The van der Waals surface area contributed by atoms with Crippen LogP contribution in [0.5, 0.6) is 0 Å². The van der Waals surface area contributed by atoms with Gasteiger partial charge in [-0.25, -0.2) is 4.79 Å². The lowest BCUT2D eigenvalue weighted by atomic mass is 9.99. The zero-order chi connectivity index (χ0) is 25.6. The fraction of sp³-hybridized carbons (Fsp3) is 0.625. The van der Waals surface area contributed by atoms with E-state index in [1.165, 1.54) is 0 Å². The number of hydrogen-bond donors (Lipinski definition) is 4. The molecule has 7 atom stereocenters. The van der Waals surface area contributed by atoms with E-state index in [1.54, 1.807) is 36.4 Å². The summed E-state index contributed by atoms with van der Waals surface area (Å²) in [5, 5.41) is 43.1. The van der Waals surface area contributed by atoms with Gasteiger partial charge in [0.2, 0.25) is 0 Å². The smallest absolute Gasteiger partial charge is 0.338 e. The number of unbranched alkanes of at least 4 members (excludes halogenated alkanes) is 4. The maximum Gasteiger partial charge on any atom is 0.338 e. The van der Waals surface area contributed by atoms with Crippen LogP contribution in [0.3, 0.4) is 0 Å². The molecule has 1 aliphatic rings. The first kappa shape index (κ1) is 28.7. The monoisotopic (exact) mass is 493 g/mol. The lowest BCUT2D eigenvalue weighted by Crippen LogP contribution is -2.59. The number of aliphatic hydroxyl groups is 4. The van der Waals surface area contributed by atoms with E-state index in [0.717, 1.165) is 32.1 Å². The average molecular weight is 494 g/mol. The molecule has 4 N–H and O–H groups in total. The highest BCUT2D eigenvalue weighted by Gasteiger charge is 2.44. The van der Waals surface area contributed by atoms with E-state index in [9.17, 15) is 25.2 Å². The van der Waals surface area contributed by atoms with E-state index in [0.29, 0.717) is 5.56 Å². The largest absolute Gasteiger partial charge is 0.454 e. The first-order valence-corrected chi connectivity index (χ1v) is 11.8. The maximum atomic E-state index is 12.7. The number of rotatable bonds is 14. The Balaban J connectivity index is 2.13. The van der Waals surface area contributed by atoms with Crippen LogP contribution >= 0.6 is 0 Å². The van der Waals surface area contributed by atoms with Crippen molar-refractivity contribution in [2.45, 2.75) is 81.9 Å². The minimum absolute atomic E-state index is 0.323. The molecule has 0 saturated carbocycles. The van der Waals surface area contributed by atoms with E-state index in [1.807, 2.05) is 6.08 Å². The van der Waals surface area contributed by atoms with Crippen molar-refractivity contribution in [3.63, 3.8) is 0 Å². The van der Waals surface area contributed by atoms with E-state index in [-0.39, 0.29) is 6.61 Å². The standard InChI is InChI=1S/C24H35N3O8/c1-2-3-4-5-6-10-13-18(34-23(32)16-11-8-7-9-12-16)17(26-27-25)15-33-24-22(31)21(30)20(29)19(14-28)35-24/h7-13,17-22,24,28-31H,2-6,14-15H2,1H3/t17?,18?,19-,20+,21+,22-,24+/m1/s1. The molecule has 194 valence electrons. The molecule has 0 amide bonds. The summed E-state index contributed by atoms with van der Waals surface area (Å²) in [5.41, 5.74) is 9.43. The quantitative estimate of drug-likeness (QED) is 0.0762. The van der Waals surface area contributed by atoms with Crippen LogP contribution in [-0.2, 0) is 14.2 Å². The Labute approximate surface area is 204 Å². The molecule has 1 fully saturated rings. The van der Waals surface area contributed by atoms with Crippen LogP contribution in [0.25, 0.3) is 10.4 Å². The lowest BCUT2D eigenvalue weighted by Gasteiger charge is -2.40. The summed E-state index contributed by atoms with van der Waals surface area (Å²) in [6.45, 7) is 1.18. The van der Waals surface area contributed by atoms with Crippen molar-refractivity contribution in [2.24, 2.45) is 5.11 Å². The van der Waals surface area contributed by atoms with Gasteiger partial charge in [0.1, 0.15) is 36.6 Å². The summed E-state index contributed by atoms with van der Waals surface area (Å²) in [4.78, 5) is 15.5. The zero-order valence-electron chi connectivity index (χ0n) is 19.8. The molecule has 1 aromatic rings. The van der Waals surface area contributed by atoms with Gasteiger partial charge in [-0.3, -0.25) is 0 Å². The zero-order valence-corrected chi connectivity index (χ0v) is 19.8. The SMILES string of the molecule is CCCCCCC=CC(OC(=O)c1ccccc1)C(CO[C@H]1O[C@H](CO)[C@H](O)[C@H](O)[C@H]1O)N=[N+]=[N-]. The van der Waals surface area contributed by atoms with Gasteiger partial charge in [0.15, 0.2) is 6.29 Å². The molecule has 1 saturated heterocycles. The Hall–Kier alpha value is -2.50. The van der Waals surface area contributed by atoms with E-state index < -0.39 is 55.4 Å². The minimum atomic E-state index is -1.61. The molecule has 0 aromatic heterocycles. The van der Waals surface area contributed by atoms with Crippen LogP contribution < -0.4 is 0 Å². The summed E-state index contributed by atoms with van der Waals surface area (Å²) in [5.74, 6) is -0.614. The van der Waals surface area contributed by atoms with Crippen LogP contribution in [-0.4, -0.2) is 82.5 Å². The number of ether oxygens (including phenoxy) is 3. The highest BCUT2D eigenvalue weighted by atomic mass is 16.7. The van der Waals surface area contributed by atoms with Crippen LogP contribution in [0.1, 0.15) is 49.4 Å². The van der Waals surface area contributed by atoms with Crippen molar-refractivity contribution in [3.8, 4) is 0 Å². The fourth-order valence-corrected chi connectivity index (χ4v) is 3.59. The third-order valence-electron chi connectivity index (χ3n) is 5.66. The van der Waals surface area contributed by atoms with E-state index in [2.05, 4.69) is 16.9 Å². The van der Waals surface area contributed by atoms with E-state index >= 15 is 0 Å². The summed E-state index contributed by atoms with van der Waals surface area (Å²) >= 11 is 0. The first-order chi connectivity index (χ1) is 16.9. The second-order valence-corrected chi connectivity index (χ2v) is 8.32. The predicted molar refractivity (Wildman–Crippen MR) is 126 cm³/mol. The summed E-state index contributed by atoms with van der Waals surface area (Å²) in [6, 6.07) is 7.33. The topological polar surface area (TPSA) is 174 Å². The Bertz CT molecular complexity index is 831. The minimum Gasteiger partial charge on any atom is -0.454 e. The second-order valence-electron chi connectivity index (χ2n) is 8.32. The molecule has 1 aromatic carbocycles. The van der Waals surface area contributed by atoms with Crippen molar-refractivity contribution in [2.75, 3.05) is 13.2 Å². The molecule has 2 rings (SSSR count). The normalized spacial score (nSPS) is 26.1. The summed E-state index contributed by atoms with van der Waals surface area (Å²) in [7, 11) is 0. The highest BCUT2D eigenvalue weighted by Crippen LogP contribution is 2.23. The molecule has 1 aliphatic heterocycles. The number of carbonyl (C=O) groups excluding carboxylic acids is 1. The fourth-order valence-electron chi connectivity index (χ4n) is 3.59. The van der Waals surface area contributed by atoms with Gasteiger partial charge in [-0.1, -0.05) is 55.6 Å². The molecular weight excluding hydrogens is 458 g/mol. The van der Waals surface area contributed by atoms with Gasteiger partial charge < -0.3 is 34.6 Å². The molecule has 1 heterocycles. The van der Waals surface area contributed by atoms with Crippen LogP contribution in [0.2, 0.25) is 0 Å². The van der Waals surface area contributed by atoms with Gasteiger partial charge in [0.05, 0.1) is 18.8 Å². The third kappa shape index (κ3) is 8.90. The van der Waals surface area contributed by atoms with Crippen LogP contribution in [0, 0.1) is 0 Å².